The van der Waals surface area contributed by atoms with E-state index in [2.05, 4.69) is 20.9 Å². The van der Waals surface area contributed by atoms with Crippen molar-refractivity contribution in [2.75, 3.05) is 0 Å². The zero-order valence-electron chi connectivity index (χ0n) is 15.1. The molecule has 0 spiro atoms. The van der Waals surface area contributed by atoms with Crippen LogP contribution in [0.2, 0.25) is 0 Å². The van der Waals surface area contributed by atoms with E-state index in [9.17, 15) is 4.79 Å². The average Bonchev–Trinajstić information content (AvgIpc) is 3.20. The van der Waals surface area contributed by atoms with E-state index in [0.29, 0.717) is 5.90 Å². The van der Waals surface area contributed by atoms with Crippen LogP contribution in [0.15, 0.2) is 64.1 Å². The molecule has 1 aliphatic rings. The summed E-state index contributed by atoms with van der Waals surface area (Å²) in [5.41, 5.74) is 2.90. The van der Waals surface area contributed by atoms with Crippen molar-refractivity contribution in [3.63, 3.8) is 0 Å². The third-order valence-electron chi connectivity index (χ3n) is 4.70. The third kappa shape index (κ3) is 3.49. The summed E-state index contributed by atoms with van der Waals surface area (Å²) < 4.78 is 14.4. The number of aryl methyl sites for hydroxylation is 1. The number of aromatic nitrogens is 1. The molecular weight excluding hydrogens is 408 g/mol. The van der Waals surface area contributed by atoms with E-state index in [1.807, 2.05) is 66.2 Å². The Balaban J connectivity index is 1.59. The first-order chi connectivity index (χ1) is 13.0. The van der Waals surface area contributed by atoms with Crippen molar-refractivity contribution < 1.29 is 14.3 Å². The Morgan fingerprint density at radius 1 is 1.22 bits per heavy atom. The fourth-order valence-corrected chi connectivity index (χ4v) is 3.75. The van der Waals surface area contributed by atoms with Gasteiger partial charge in [-0.2, -0.15) is 0 Å². The minimum absolute atomic E-state index is 0.222. The highest BCUT2D eigenvalue weighted by Gasteiger charge is 2.39. The van der Waals surface area contributed by atoms with Crippen LogP contribution in [-0.2, 0) is 27.9 Å². The normalized spacial score (nSPS) is 19.0. The molecule has 2 heterocycles. The zero-order valence-corrected chi connectivity index (χ0v) is 16.6. The predicted molar refractivity (Wildman–Crippen MR) is 108 cm³/mol. The summed E-state index contributed by atoms with van der Waals surface area (Å²) in [5.74, 6) is 0.111. The molecule has 27 heavy (non-hydrogen) atoms. The first-order valence-electron chi connectivity index (χ1n) is 8.69. The van der Waals surface area contributed by atoms with E-state index in [-0.39, 0.29) is 12.6 Å². The van der Waals surface area contributed by atoms with Gasteiger partial charge in [0.1, 0.15) is 6.61 Å². The van der Waals surface area contributed by atoms with Crippen molar-refractivity contribution in [3.05, 3.63) is 70.3 Å². The Bertz CT molecular complexity index is 1030. The fraction of sp³-hybridized carbons (Fsp3) is 0.238. The zero-order chi connectivity index (χ0) is 19.0. The first-order valence-corrected chi connectivity index (χ1v) is 9.49. The second-order valence-corrected chi connectivity index (χ2v) is 7.47. The summed E-state index contributed by atoms with van der Waals surface area (Å²) >= 11 is 3.50. The van der Waals surface area contributed by atoms with E-state index >= 15 is 0 Å². The molecule has 5 nitrogen and oxygen atoms in total. The molecule has 0 N–H and O–H groups in total. The number of carbonyl (C=O) groups is 1. The number of fused-ring (bicyclic) bond motifs is 1. The number of nitrogens with zero attached hydrogens (tertiary/aromatic N) is 2. The summed E-state index contributed by atoms with van der Waals surface area (Å²) in [7, 11) is 1.97. The largest absolute Gasteiger partial charge is 0.469 e. The summed E-state index contributed by atoms with van der Waals surface area (Å²) in [4.78, 5) is 17.1. The van der Waals surface area contributed by atoms with Gasteiger partial charge in [0, 0.05) is 29.3 Å². The van der Waals surface area contributed by atoms with Crippen molar-refractivity contribution in [1.82, 2.24) is 4.57 Å². The lowest BCUT2D eigenvalue weighted by atomic mass is 10.1. The van der Waals surface area contributed by atoms with Gasteiger partial charge in [-0.15, -0.1) is 0 Å². The van der Waals surface area contributed by atoms with Gasteiger partial charge in [-0.1, -0.05) is 46.3 Å². The lowest BCUT2D eigenvalue weighted by molar-refractivity contribution is -0.148. The summed E-state index contributed by atoms with van der Waals surface area (Å²) in [6, 6.07) is 17.0. The van der Waals surface area contributed by atoms with Gasteiger partial charge in [0.2, 0.25) is 0 Å². The molecule has 4 rings (SSSR count). The van der Waals surface area contributed by atoms with Crippen LogP contribution in [0.25, 0.3) is 10.9 Å². The second-order valence-electron chi connectivity index (χ2n) is 6.56. The number of esters is 1. The highest BCUT2D eigenvalue weighted by Crippen LogP contribution is 2.34. The summed E-state index contributed by atoms with van der Waals surface area (Å²) in [6.07, 6.45) is -0.496. The van der Waals surface area contributed by atoms with E-state index in [0.717, 1.165) is 26.6 Å². The van der Waals surface area contributed by atoms with Crippen molar-refractivity contribution in [2.45, 2.75) is 25.7 Å². The molecular formula is C21H19BrN2O3. The topological polar surface area (TPSA) is 52.8 Å². The summed E-state index contributed by atoms with van der Waals surface area (Å²) in [6.45, 7) is 1.98. The van der Waals surface area contributed by atoms with Crippen LogP contribution >= 0.6 is 15.9 Å². The van der Waals surface area contributed by atoms with E-state index in [1.54, 1.807) is 6.92 Å². The van der Waals surface area contributed by atoms with Gasteiger partial charge in [0.15, 0.2) is 18.0 Å². The molecule has 0 saturated heterocycles. The van der Waals surface area contributed by atoms with Crippen LogP contribution in [0.5, 0.6) is 0 Å². The predicted octanol–water partition coefficient (Wildman–Crippen LogP) is 4.54. The number of halogens is 1. The average molecular weight is 427 g/mol. The minimum atomic E-state index is -0.708. The lowest BCUT2D eigenvalue weighted by Gasteiger charge is -2.18. The number of rotatable bonds is 4. The van der Waals surface area contributed by atoms with Gasteiger partial charge in [0.25, 0.3) is 0 Å². The molecule has 2 atom stereocenters. The van der Waals surface area contributed by atoms with Gasteiger partial charge in [-0.05, 0) is 29.8 Å². The number of aliphatic imine (C=N–C) groups is 1. The third-order valence-corrected chi connectivity index (χ3v) is 5.20. The van der Waals surface area contributed by atoms with Gasteiger partial charge >= 0.3 is 5.97 Å². The molecule has 2 unspecified atom stereocenters. The Labute approximate surface area is 165 Å². The highest BCUT2D eigenvalue weighted by atomic mass is 79.9. The number of ether oxygens (including phenoxy) is 2. The Hall–Kier alpha value is -2.60. The summed E-state index contributed by atoms with van der Waals surface area (Å²) in [5, 5.41) is 1.08. The highest BCUT2D eigenvalue weighted by molar-refractivity contribution is 9.10. The van der Waals surface area contributed by atoms with Crippen molar-refractivity contribution >= 4 is 38.7 Å². The standard InChI is InChI=1S/C21H19BrN2O3/c1-13-23-19(21(25)26-12-14-6-4-3-5-7-14)20(27-13)18-11-15-10-16(22)8-9-17(15)24(18)2/h3-11,19-20H,12H2,1-2H3. The quantitative estimate of drug-likeness (QED) is 0.575. The smallest absolute Gasteiger partial charge is 0.335 e. The maximum Gasteiger partial charge on any atom is 0.335 e. The SMILES string of the molecule is CC1=NC(C(=O)OCc2ccccc2)C(c2cc3cc(Br)ccc3n2C)O1. The number of benzene rings is 2. The molecule has 0 fully saturated rings. The van der Waals surface area contributed by atoms with E-state index in [1.165, 1.54) is 0 Å². The van der Waals surface area contributed by atoms with E-state index < -0.39 is 12.1 Å². The molecule has 0 aliphatic carbocycles. The molecule has 3 aromatic rings. The Morgan fingerprint density at radius 3 is 2.78 bits per heavy atom. The Kier molecular flexibility index (Phi) is 4.74. The molecule has 0 bridgehead atoms. The van der Waals surface area contributed by atoms with Crippen LogP contribution < -0.4 is 0 Å². The number of carbonyl (C=O) groups excluding carboxylic acids is 1. The molecule has 2 aromatic carbocycles. The van der Waals surface area contributed by atoms with Crippen LogP contribution in [0.1, 0.15) is 24.3 Å². The molecule has 0 radical (unpaired) electrons. The van der Waals surface area contributed by atoms with Crippen molar-refractivity contribution in [3.8, 4) is 0 Å². The van der Waals surface area contributed by atoms with E-state index in [4.69, 9.17) is 9.47 Å². The maximum atomic E-state index is 12.7. The monoisotopic (exact) mass is 426 g/mol. The molecule has 0 saturated carbocycles. The van der Waals surface area contributed by atoms with Crippen LogP contribution in [0.3, 0.4) is 0 Å². The number of hydrogen-bond donors (Lipinski definition) is 0. The first kappa shape index (κ1) is 17.8. The van der Waals surface area contributed by atoms with Gasteiger partial charge in [-0.25, -0.2) is 9.79 Å². The fourth-order valence-electron chi connectivity index (χ4n) is 3.37. The lowest BCUT2D eigenvalue weighted by Crippen LogP contribution is -2.27. The second kappa shape index (κ2) is 7.19. The van der Waals surface area contributed by atoms with Gasteiger partial charge < -0.3 is 14.0 Å². The van der Waals surface area contributed by atoms with Gasteiger partial charge in [-0.3, -0.25) is 0 Å². The molecule has 6 heteroatoms. The van der Waals surface area contributed by atoms with Crippen LogP contribution in [-0.4, -0.2) is 22.5 Å². The molecule has 138 valence electrons. The maximum absolute atomic E-state index is 12.7. The van der Waals surface area contributed by atoms with Crippen LogP contribution in [0, 0.1) is 0 Å². The number of hydrogen-bond acceptors (Lipinski definition) is 4. The van der Waals surface area contributed by atoms with Gasteiger partial charge in [0.05, 0.1) is 5.69 Å². The van der Waals surface area contributed by atoms with Crippen LogP contribution in [0.4, 0.5) is 0 Å². The van der Waals surface area contributed by atoms with Crippen molar-refractivity contribution in [2.24, 2.45) is 12.0 Å². The molecule has 1 aromatic heterocycles. The minimum Gasteiger partial charge on any atom is -0.469 e. The van der Waals surface area contributed by atoms with Crippen molar-refractivity contribution in [1.29, 1.82) is 0 Å². The molecule has 0 amide bonds. The Morgan fingerprint density at radius 2 is 2.00 bits per heavy atom. The molecule has 1 aliphatic heterocycles.